The molecule has 0 unspecified atom stereocenters. The van der Waals surface area contributed by atoms with Crippen molar-refractivity contribution < 1.29 is 4.74 Å². The maximum Gasteiger partial charge on any atom is 0.222 e. The van der Waals surface area contributed by atoms with Crippen LogP contribution in [0.3, 0.4) is 0 Å². The summed E-state index contributed by atoms with van der Waals surface area (Å²) in [6, 6.07) is 7.99. The van der Waals surface area contributed by atoms with Crippen molar-refractivity contribution >= 4 is 40.5 Å². The van der Waals surface area contributed by atoms with Crippen LogP contribution in [-0.2, 0) is 0 Å². The van der Waals surface area contributed by atoms with Crippen molar-refractivity contribution in [2.24, 2.45) is 0 Å². The lowest BCUT2D eigenvalue weighted by molar-refractivity contribution is 0.463. The smallest absolute Gasteiger partial charge is 0.222 e. The minimum Gasteiger partial charge on any atom is -0.439 e. The van der Waals surface area contributed by atoms with Crippen LogP contribution in [0.1, 0.15) is 0 Å². The third kappa shape index (κ3) is 3.16. The number of hydrogen-bond acceptors (Lipinski definition) is 3. The number of ether oxygens (including phenoxy) is 1. The van der Waals surface area contributed by atoms with Crippen LogP contribution in [0, 0.1) is 0 Å². The highest BCUT2D eigenvalue weighted by Gasteiger charge is 2.04. The third-order valence-corrected chi connectivity index (χ3v) is 2.84. The van der Waals surface area contributed by atoms with Gasteiger partial charge < -0.3 is 10.5 Å². The van der Waals surface area contributed by atoms with Gasteiger partial charge in [-0.1, -0.05) is 34.8 Å². The van der Waals surface area contributed by atoms with Crippen molar-refractivity contribution in [3.8, 4) is 11.6 Å². The molecule has 0 atom stereocenters. The van der Waals surface area contributed by atoms with Crippen molar-refractivity contribution in [1.29, 1.82) is 0 Å². The van der Waals surface area contributed by atoms with Gasteiger partial charge in [-0.3, -0.25) is 0 Å². The Balaban J connectivity index is 2.28. The zero-order valence-electron chi connectivity index (χ0n) is 8.45. The molecule has 0 radical (unpaired) electrons. The molecule has 2 aromatic rings. The molecule has 88 valence electrons. The van der Waals surface area contributed by atoms with Gasteiger partial charge in [0, 0.05) is 17.8 Å². The molecule has 2 N–H and O–H groups in total. The summed E-state index contributed by atoms with van der Waals surface area (Å²) in [4.78, 5) is 3.97. The van der Waals surface area contributed by atoms with Gasteiger partial charge in [0.15, 0.2) is 0 Å². The normalized spacial score (nSPS) is 10.3. The van der Waals surface area contributed by atoms with E-state index in [1.807, 2.05) is 0 Å². The van der Waals surface area contributed by atoms with Crippen LogP contribution in [0.2, 0.25) is 15.2 Å². The summed E-state index contributed by atoms with van der Waals surface area (Å²) in [5.74, 6) is 0.807. The fraction of sp³-hybridized carbons (Fsp3) is 0. The van der Waals surface area contributed by atoms with Crippen LogP contribution in [0.25, 0.3) is 0 Å². The number of pyridine rings is 1. The monoisotopic (exact) mass is 288 g/mol. The van der Waals surface area contributed by atoms with Gasteiger partial charge in [-0.15, -0.1) is 0 Å². The second-order valence-corrected chi connectivity index (χ2v) is 4.44. The molecule has 2 rings (SSSR count). The van der Waals surface area contributed by atoms with E-state index in [1.54, 1.807) is 24.3 Å². The minimum atomic E-state index is 0.264. The molecule has 0 aliphatic heterocycles. The SMILES string of the molecule is Nc1cc(Cl)nc(Oc2ccc(Cl)c(Cl)c2)c1. The maximum atomic E-state index is 5.86. The molecule has 0 saturated heterocycles. The van der Waals surface area contributed by atoms with Gasteiger partial charge in [-0.2, -0.15) is 0 Å². The Morgan fingerprint density at radius 2 is 1.76 bits per heavy atom. The lowest BCUT2D eigenvalue weighted by Crippen LogP contribution is -1.92. The highest BCUT2D eigenvalue weighted by atomic mass is 35.5. The van der Waals surface area contributed by atoms with Crippen molar-refractivity contribution in [2.75, 3.05) is 5.73 Å². The van der Waals surface area contributed by atoms with Crippen LogP contribution in [0.4, 0.5) is 5.69 Å². The number of nitrogen functional groups attached to an aromatic ring is 1. The molecule has 0 saturated carbocycles. The predicted octanol–water partition coefficient (Wildman–Crippen LogP) is 4.42. The second kappa shape index (κ2) is 5.00. The molecule has 0 amide bonds. The first-order chi connectivity index (χ1) is 8.04. The van der Waals surface area contributed by atoms with E-state index in [-0.39, 0.29) is 5.15 Å². The lowest BCUT2D eigenvalue weighted by Gasteiger charge is -2.06. The highest BCUT2D eigenvalue weighted by molar-refractivity contribution is 6.42. The van der Waals surface area contributed by atoms with E-state index in [0.29, 0.717) is 27.4 Å². The summed E-state index contributed by atoms with van der Waals surface area (Å²) < 4.78 is 5.46. The van der Waals surface area contributed by atoms with Crippen LogP contribution >= 0.6 is 34.8 Å². The number of hydrogen-bond donors (Lipinski definition) is 1. The molecule has 1 aromatic carbocycles. The molecule has 1 heterocycles. The Morgan fingerprint density at radius 3 is 2.41 bits per heavy atom. The molecular formula is C11H7Cl3N2O. The summed E-state index contributed by atoms with van der Waals surface area (Å²) in [5.41, 5.74) is 6.09. The van der Waals surface area contributed by atoms with Gasteiger partial charge in [-0.25, -0.2) is 4.98 Å². The van der Waals surface area contributed by atoms with E-state index in [4.69, 9.17) is 45.3 Å². The third-order valence-electron chi connectivity index (χ3n) is 1.91. The first-order valence-electron chi connectivity index (χ1n) is 4.60. The Bertz CT molecular complexity index is 540. The summed E-state index contributed by atoms with van der Waals surface area (Å²) >= 11 is 17.4. The maximum absolute atomic E-state index is 5.86. The van der Waals surface area contributed by atoms with E-state index in [9.17, 15) is 0 Å². The molecule has 0 aliphatic carbocycles. The Hall–Kier alpha value is -1.16. The van der Waals surface area contributed by atoms with Gasteiger partial charge in [0.2, 0.25) is 5.88 Å². The van der Waals surface area contributed by atoms with E-state index in [1.165, 1.54) is 6.07 Å². The molecule has 0 fully saturated rings. The molecule has 3 nitrogen and oxygen atoms in total. The largest absolute Gasteiger partial charge is 0.439 e. The Kier molecular flexibility index (Phi) is 3.62. The average Bonchev–Trinajstić information content (AvgIpc) is 2.22. The zero-order chi connectivity index (χ0) is 12.4. The Morgan fingerprint density at radius 1 is 1.00 bits per heavy atom. The number of nitrogens with zero attached hydrogens (tertiary/aromatic N) is 1. The Labute approximate surface area is 113 Å². The molecule has 1 aromatic heterocycles. The minimum absolute atomic E-state index is 0.264. The lowest BCUT2D eigenvalue weighted by atomic mass is 10.3. The van der Waals surface area contributed by atoms with E-state index in [2.05, 4.69) is 4.98 Å². The van der Waals surface area contributed by atoms with Gasteiger partial charge >= 0.3 is 0 Å². The summed E-state index contributed by atoms with van der Waals surface area (Å²) in [6.45, 7) is 0. The molecule has 17 heavy (non-hydrogen) atoms. The predicted molar refractivity (Wildman–Crippen MR) is 70.2 cm³/mol. The topological polar surface area (TPSA) is 48.1 Å². The molecule has 0 spiro atoms. The number of anilines is 1. The number of rotatable bonds is 2. The molecule has 6 heteroatoms. The summed E-state index contributed by atoms with van der Waals surface area (Å²) in [7, 11) is 0. The molecule has 0 bridgehead atoms. The van der Waals surface area contributed by atoms with Crippen LogP contribution in [0.5, 0.6) is 11.6 Å². The quantitative estimate of drug-likeness (QED) is 0.833. The summed E-state index contributed by atoms with van der Waals surface area (Å²) in [5, 5.41) is 1.12. The van der Waals surface area contributed by atoms with Crippen LogP contribution in [0.15, 0.2) is 30.3 Å². The van der Waals surface area contributed by atoms with Crippen LogP contribution in [-0.4, -0.2) is 4.98 Å². The van der Waals surface area contributed by atoms with Crippen molar-refractivity contribution in [1.82, 2.24) is 4.98 Å². The number of aromatic nitrogens is 1. The van der Waals surface area contributed by atoms with E-state index < -0.39 is 0 Å². The van der Waals surface area contributed by atoms with Crippen molar-refractivity contribution in [3.05, 3.63) is 45.5 Å². The summed E-state index contributed by atoms with van der Waals surface area (Å²) in [6.07, 6.45) is 0. The molecule has 0 aliphatic rings. The van der Waals surface area contributed by atoms with Gasteiger partial charge in [0.25, 0.3) is 0 Å². The first kappa shape index (κ1) is 12.3. The highest BCUT2D eigenvalue weighted by Crippen LogP contribution is 2.29. The van der Waals surface area contributed by atoms with Gasteiger partial charge in [-0.05, 0) is 18.2 Å². The molecular weight excluding hydrogens is 282 g/mol. The van der Waals surface area contributed by atoms with E-state index >= 15 is 0 Å². The standard InChI is InChI=1S/C11H7Cl3N2O/c12-8-2-1-7(5-9(8)13)17-11-4-6(15)3-10(14)16-11/h1-5H,(H2,15,16). The average molecular weight is 290 g/mol. The van der Waals surface area contributed by atoms with Crippen molar-refractivity contribution in [3.63, 3.8) is 0 Å². The zero-order valence-corrected chi connectivity index (χ0v) is 10.7. The van der Waals surface area contributed by atoms with E-state index in [0.717, 1.165) is 0 Å². The fourth-order valence-corrected chi connectivity index (χ4v) is 1.70. The second-order valence-electron chi connectivity index (χ2n) is 3.24. The van der Waals surface area contributed by atoms with Crippen molar-refractivity contribution in [2.45, 2.75) is 0 Å². The number of benzene rings is 1. The number of halogens is 3. The number of nitrogens with two attached hydrogens (primary N) is 1. The first-order valence-corrected chi connectivity index (χ1v) is 5.74. The fourth-order valence-electron chi connectivity index (χ4n) is 1.20. The van der Waals surface area contributed by atoms with Gasteiger partial charge in [0.05, 0.1) is 10.0 Å². The van der Waals surface area contributed by atoms with Crippen LogP contribution < -0.4 is 10.5 Å². The van der Waals surface area contributed by atoms with Gasteiger partial charge in [0.1, 0.15) is 10.9 Å².